The number of rotatable bonds is 8. The molecule has 4 heterocycles. The summed E-state index contributed by atoms with van der Waals surface area (Å²) in [7, 11) is 0. The van der Waals surface area contributed by atoms with Crippen LogP contribution in [-0.2, 0) is 9.47 Å². The van der Waals surface area contributed by atoms with Gasteiger partial charge in [0.1, 0.15) is 82.6 Å². The van der Waals surface area contributed by atoms with Crippen LogP contribution in [0.1, 0.15) is 12.1 Å². The third-order valence-corrected chi connectivity index (χ3v) is 9.15. The fourth-order valence-electron chi connectivity index (χ4n) is 5.52. The monoisotopic (exact) mass is 648 g/mol. The first-order valence-electron chi connectivity index (χ1n) is 13.9. The zero-order valence-electron chi connectivity index (χ0n) is 23.3. The highest BCUT2D eigenvalue weighted by atomic mass is 32.2. The van der Waals surface area contributed by atoms with Gasteiger partial charge in [0.15, 0.2) is 0 Å². The second-order valence-corrected chi connectivity index (χ2v) is 11.9. The summed E-state index contributed by atoms with van der Waals surface area (Å²) < 4.78 is 41.5. The van der Waals surface area contributed by atoms with Crippen molar-refractivity contribution in [2.75, 3.05) is 13.2 Å². The highest BCUT2D eigenvalue weighted by Gasteiger charge is 2.51. The molecule has 6 rings (SSSR count). The van der Waals surface area contributed by atoms with Gasteiger partial charge in [-0.2, -0.15) is 0 Å². The van der Waals surface area contributed by atoms with Gasteiger partial charge in [-0.15, -0.1) is 10.2 Å². The van der Waals surface area contributed by atoms with E-state index in [-0.39, 0.29) is 11.4 Å². The third kappa shape index (κ3) is 6.23. The van der Waals surface area contributed by atoms with Gasteiger partial charge in [0.2, 0.25) is 0 Å². The van der Waals surface area contributed by atoms with Crippen LogP contribution < -0.4 is 0 Å². The van der Waals surface area contributed by atoms with Crippen LogP contribution in [-0.4, -0.2) is 121 Å². The van der Waals surface area contributed by atoms with Crippen molar-refractivity contribution in [3.8, 4) is 22.5 Å². The summed E-state index contributed by atoms with van der Waals surface area (Å²) in [6.45, 7) is -1.27. The van der Waals surface area contributed by atoms with Crippen LogP contribution in [0.15, 0.2) is 60.9 Å². The van der Waals surface area contributed by atoms with E-state index in [1.54, 1.807) is 12.1 Å². The van der Waals surface area contributed by atoms with Crippen molar-refractivity contribution in [1.82, 2.24) is 30.0 Å². The van der Waals surface area contributed by atoms with Crippen LogP contribution in [0.25, 0.3) is 22.5 Å². The molecule has 0 bridgehead atoms. The lowest BCUT2D eigenvalue weighted by atomic mass is 9.97. The van der Waals surface area contributed by atoms with Gasteiger partial charge in [-0.05, 0) is 24.3 Å². The Kier molecular flexibility index (Phi) is 9.23. The van der Waals surface area contributed by atoms with Gasteiger partial charge in [0, 0.05) is 11.1 Å². The Morgan fingerprint density at radius 2 is 1.09 bits per heavy atom. The van der Waals surface area contributed by atoms with Crippen molar-refractivity contribution in [3.63, 3.8) is 0 Å². The van der Waals surface area contributed by atoms with E-state index in [9.17, 15) is 39.4 Å². The molecule has 2 saturated heterocycles. The van der Waals surface area contributed by atoms with Gasteiger partial charge in [-0.25, -0.2) is 18.1 Å². The third-order valence-electron chi connectivity index (χ3n) is 7.84. The highest BCUT2D eigenvalue weighted by Crippen LogP contribution is 2.42. The maximum atomic E-state index is 13.8. The summed E-state index contributed by atoms with van der Waals surface area (Å²) in [6.07, 6.45) is -5.48. The molecule has 0 aliphatic carbocycles. The number of hydrogen-bond acceptors (Lipinski definition) is 13. The number of aliphatic hydroxyl groups is 6. The van der Waals surface area contributed by atoms with Crippen molar-refractivity contribution in [2.24, 2.45) is 0 Å². The molecule has 17 heteroatoms. The molecule has 45 heavy (non-hydrogen) atoms. The Hall–Kier alpha value is -3.39. The largest absolute Gasteiger partial charge is 0.394 e. The topological polar surface area (TPSA) is 201 Å². The molecule has 2 fully saturated rings. The van der Waals surface area contributed by atoms with E-state index in [1.807, 2.05) is 0 Å². The second-order valence-electron chi connectivity index (χ2n) is 10.7. The molecule has 0 amide bonds. The van der Waals surface area contributed by atoms with Crippen LogP contribution in [0.2, 0.25) is 0 Å². The summed E-state index contributed by atoms with van der Waals surface area (Å²) >= 11 is 0.796. The van der Waals surface area contributed by atoms with Gasteiger partial charge in [0.25, 0.3) is 0 Å². The van der Waals surface area contributed by atoms with Crippen LogP contribution in [0.3, 0.4) is 0 Å². The average molecular weight is 649 g/mol. The molecule has 2 aliphatic heterocycles. The van der Waals surface area contributed by atoms with Gasteiger partial charge in [-0.1, -0.05) is 46.5 Å². The average Bonchev–Trinajstić information content (AvgIpc) is 3.71. The van der Waals surface area contributed by atoms with Gasteiger partial charge in [-0.3, -0.25) is 0 Å². The van der Waals surface area contributed by atoms with E-state index in [1.165, 1.54) is 58.2 Å². The van der Waals surface area contributed by atoms with Crippen molar-refractivity contribution in [3.05, 3.63) is 72.6 Å². The van der Waals surface area contributed by atoms with Crippen LogP contribution in [0.4, 0.5) is 8.78 Å². The van der Waals surface area contributed by atoms with Gasteiger partial charge in [0.05, 0.1) is 25.6 Å². The molecule has 0 saturated carbocycles. The number of aromatic nitrogens is 6. The Bertz CT molecular complexity index is 1500. The van der Waals surface area contributed by atoms with Crippen LogP contribution in [0.5, 0.6) is 0 Å². The zero-order chi connectivity index (χ0) is 31.8. The first-order valence-corrected chi connectivity index (χ1v) is 14.9. The van der Waals surface area contributed by atoms with Crippen LogP contribution in [0, 0.1) is 11.6 Å². The lowest BCUT2D eigenvalue weighted by Crippen LogP contribution is -2.58. The van der Waals surface area contributed by atoms with Crippen molar-refractivity contribution in [1.29, 1.82) is 0 Å². The molecule has 0 radical (unpaired) electrons. The minimum absolute atomic E-state index is 0.268. The SMILES string of the molecule is OCC1OC(SC2OC(CO)C(O)C(n3cc(-c4cccc(F)c4)nn3)C2O)C(O)C(n2cc(-c3cccc(F)c3)nn2)C1O. The number of hydrogen-bond donors (Lipinski definition) is 6. The summed E-state index contributed by atoms with van der Waals surface area (Å²) in [5.74, 6) is -0.978. The predicted octanol–water partition coefficient (Wildman–Crippen LogP) is -0.125. The molecule has 2 aromatic heterocycles. The normalized spacial score (nSPS) is 32.1. The smallest absolute Gasteiger partial charge is 0.134 e. The Labute approximate surface area is 258 Å². The maximum Gasteiger partial charge on any atom is 0.134 e. The summed E-state index contributed by atoms with van der Waals surface area (Å²) in [4.78, 5) is 0. The zero-order valence-corrected chi connectivity index (χ0v) is 24.1. The summed E-state index contributed by atoms with van der Waals surface area (Å²) in [5.41, 5.74) is -1.10. The Morgan fingerprint density at radius 3 is 1.47 bits per heavy atom. The quantitative estimate of drug-likeness (QED) is 0.148. The number of halogens is 2. The standard InChI is InChI=1S/C28H30F2N6O8S/c29-15-5-1-3-13(7-15)17-9-35(33-31-17)21-23(39)19(11-37)43-27(25(21)41)45-28-26(42)22(24(40)20(12-38)44-28)36-10-18(32-34-36)14-4-2-6-16(30)8-14/h1-10,19-28,37-42H,11-12H2. The molecule has 14 nitrogen and oxygen atoms in total. The van der Waals surface area contributed by atoms with E-state index in [0.29, 0.717) is 11.1 Å². The van der Waals surface area contributed by atoms with Crippen LogP contribution >= 0.6 is 11.8 Å². The van der Waals surface area contributed by atoms with Crippen molar-refractivity contribution >= 4 is 11.8 Å². The molecule has 2 aliphatic rings. The number of thioether (sulfide) groups is 1. The lowest BCUT2D eigenvalue weighted by Gasteiger charge is -2.46. The fraction of sp³-hybridized carbons (Fsp3) is 0.429. The first-order chi connectivity index (χ1) is 21.7. The van der Waals surface area contributed by atoms with Gasteiger partial charge >= 0.3 is 0 Å². The number of nitrogens with zero attached hydrogens (tertiary/aromatic N) is 6. The minimum atomic E-state index is -1.51. The Morgan fingerprint density at radius 1 is 0.667 bits per heavy atom. The fourth-order valence-corrected chi connectivity index (χ4v) is 6.84. The summed E-state index contributed by atoms with van der Waals surface area (Å²) in [5, 5.41) is 80.8. The van der Waals surface area contributed by atoms with E-state index in [2.05, 4.69) is 20.6 Å². The second kappa shape index (κ2) is 13.1. The molecule has 10 atom stereocenters. The minimum Gasteiger partial charge on any atom is -0.394 e. The molecule has 10 unspecified atom stereocenters. The number of aliphatic hydroxyl groups excluding tert-OH is 6. The van der Waals surface area contributed by atoms with E-state index in [4.69, 9.17) is 9.47 Å². The first kappa shape index (κ1) is 31.6. The predicted molar refractivity (Wildman–Crippen MR) is 152 cm³/mol. The van der Waals surface area contributed by atoms with E-state index in [0.717, 1.165) is 11.8 Å². The van der Waals surface area contributed by atoms with E-state index < -0.39 is 84.4 Å². The molecule has 240 valence electrons. The molecular weight excluding hydrogens is 618 g/mol. The Balaban J connectivity index is 1.25. The highest BCUT2D eigenvalue weighted by molar-refractivity contribution is 8.00. The maximum absolute atomic E-state index is 13.8. The molecular formula is C28H30F2N6O8S. The molecule has 0 spiro atoms. The molecule has 2 aromatic carbocycles. The lowest BCUT2D eigenvalue weighted by molar-refractivity contribution is -0.189. The molecule has 6 N–H and O–H groups in total. The molecule has 4 aromatic rings. The van der Waals surface area contributed by atoms with Gasteiger partial charge < -0.3 is 40.1 Å². The van der Waals surface area contributed by atoms with Crippen molar-refractivity contribution < 1.29 is 48.9 Å². The summed E-state index contributed by atoms with van der Waals surface area (Å²) in [6, 6.07) is 8.88. The number of ether oxygens (including phenoxy) is 2. The van der Waals surface area contributed by atoms with E-state index >= 15 is 0 Å². The van der Waals surface area contributed by atoms with Crippen molar-refractivity contribution in [2.45, 2.75) is 59.6 Å². The number of benzene rings is 2.